The lowest BCUT2D eigenvalue weighted by Gasteiger charge is -2.33. The van der Waals surface area contributed by atoms with E-state index in [4.69, 9.17) is 4.74 Å². The summed E-state index contributed by atoms with van der Waals surface area (Å²) in [5.41, 5.74) is -4.17. The molecular formula is C15H16BrF3N2O3. The normalized spacial score (nSPS) is 21.7. The molecule has 2 rings (SSSR count). The largest absolute Gasteiger partial charge is 0.442 e. The van der Waals surface area contributed by atoms with E-state index in [2.05, 4.69) is 21.0 Å². The molecule has 24 heavy (non-hydrogen) atoms. The third-order valence-corrected chi connectivity index (χ3v) is 3.71. The number of hydrazone groups is 1. The average Bonchev–Trinajstić information content (AvgIpc) is 2.76. The van der Waals surface area contributed by atoms with Crippen LogP contribution in [0, 0.1) is 0 Å². The quantitative estimate of drug-likeness (QED) is 0.762. The highest BCUT2D eigenvalue weighted by Gasteiger charge is 2.64. The van der Waals surface area contributed by atoms with Crippen LogP contribution in [-0.4, -0.2) is 39.4 Å². The van der Waals surface area contributed by atoms with Crippen LogP contribution in [0.2, 0.25) is 0 Å². The molecule has 0 saturated carbocycles. The zero-order valence-electron chi connectivity index (χ0n) is 13.2. The van der Waals surface area contributed by atoms with Gasteiger partial charge < -0.3 is 9.84 Å². The minimum atomic E-state index is -5.09. The first-order valence-corrected chi connectivity index (χ1v) is 7.78. The molecule has 1 amide bonds. The van der Waals surface area contributed by atoms with Gasteiger partial charge in [0.05, 0.1) is 12.1 Å². The molecule has 1 aliphatic rings. The standard InChI is InChI=1S/C15H16BrF3N2O3/c1-13(2,3)24-12(22)21-14(23,15(17,18)19)8-11(20-21)9-4-6-10(16)7-5-9/h4-7,23H,8H2,1-3H3/t14-/m1/s1. The number of aliphatic hydroxyl groups is 1. The predicted molar refractivity (Wildman–Crippen MR) is 84.4 cm³/mol. The Balaban J connectivity index is 2.41. The monoisotopic (exact) mass is 408 g/mol. The van der Waals surface area contributed by atoms with E-state index in [0.717, 1.165) is 4.47 Å². The number of alkyl halides is 3. The third kappa shape index (κ3) is 3.72. The predicted octanol–water partition coefficient (Wildman–Crippen LogP) is 4.04. The molecule has 0 unspecified atom stereocenters. The molecule has 132 valence electrons. The Bertz CT molecular complexity index is 668. The zero-order valence-corrected chi connectivity index (χ0v) is 14.8. The van der Waals surface area contributed by atoms with E-state index < -0.39 is 30.0 Å². The van der Waals surface area contributed by atoms with Gasteiger partial charge in [-0.2, -0.15) is 23.3 Å². The van der Waals surface area contributed by atoms with Crippen LogP contribution in [0.25, 0.3) is 0 Å². The average molecular weight is 409 g/mol. The summed E-state index contributed by atoms with van der Waals surface area (Å²) >= 11 is 3.22. The fraction of sp³-hybridized carbons (Fsp3) is 0.467. The van der Waals surface area contributed by atoms with Crippen LogP contribution >= 0.6 is 15.9 Å². The first-order valence-electron chi connectivity index (χ1n) is 6.99. The maximum absolute atomic E-state index is 13.4. The van der Waals surface area contributed by atoms with Gasteiger partial charge in [0.2, 0.25) is 0 Å². The molecule has 1 heterocycles. The third-order valence-electron chi connectivity index (χ3n) is 3.18. The molecule has 1 aliphatic heterocycles. The van der Waals surface area contributed by atoms with Crippen LogP contribution in [0.5, 0.6) is 0 Å². The number of halogens is 4. The van der Waals surface area contributed by atoms with E-state index in [1.54, 1.807) is 12.1 Å². The second-order valence-corrected chi connectivity index (χ2v) is 7.25. The fourth-order valence-electron chi connectivity index (χ4n) is 2.07. The van der Waals surface area contributed by atoms with E-state index in [1.807, 2.05) is 0 Å². The summed E-state index contributed by atoms with van der Waals surface area (Å²) in [6.45, 7) is 4.52. The van der Waals surface area contributed by atoms with Crippen molar-refractivity contribution >= 4 is 27.7 Å². The minimum absolute atomic E-state index is 0.0321. The van der Waals surface area contributed by atoms with Crippen LogP contribution in [0.3, 0.4) is 0 Å². The Labute approximate surface area is 145 Å². The van der Waals surface area contributed by atoms with E-state index >= 15 is 0 Å². The van der Waals surface area contributed by atoms with Gasteiger partial charge in [-0.25, -0.2) is 4.79 Å². The lowest BCUT2D eigenvalue weighted by Crippen LogP contribution is -2.57. The Kier molecular flexibility index (Phi) is 4.71. The van der Waals surface area contributed by atoms with E-state index in [0.29, 0.717) is 5.56 Å². The lowest BCUT2D eigenvalue weighted by atomic mass is 10.0. The summed E-state index contributed by atoms with van der Waals surface area (Å²) in [6, 6.07) is 6.33. The SMILES string of the molecule is CC(C)(C)OC(=O)N1N=C(c2ccc(Br)cc2)C[C@@]1(O)C(F)(F)F. The van der Waals surface area contributed by atoms with E-state index in [1.165, 1.54) is 32.9 Å². The van der Waals surface area contributed by atoms with Crippen molar-refractivity contribution < 1.29 is 27.8 Å². The molecule has 5 nitrogen and oxygen atoms in total. The lowest BCUT2D eigenvalue weighted by molar-refractivity contribution is -0.300. The van der Waals surface area contributed by atoms with Crippen molar-refractivity contribution in [2.75, 3.05) is 0 Å². The molecule has 0 radical (unpaired) electrons. The topological polar surface area (TPSA) is 62.1 Å². The first kappa shape index (κ1) is 18.7. The molecule has 1 aromatic rings. The Morgan fingerprint density at radius 1 is 1.29 bits per heavy atom. The van der Waals surface area contributed by atoms with E-state index in [9.17, 15) is 23.1 Å². The molecule has 1 aromatic carbocycles. The first-order chi connectivity index (χ1) is 10.8. The minimum Gasteiger partial charge on any atom is -0.442 e. The van der Waals surface area contributed by atoms with Crippen molar-refractivity contribution in [1.82, 2.24) is 5.01 Å². The number of nitrogens with zero attached hydrogens (tertiary/aromatic N) is 2. The van der Waals surface area contributed by atoms with Gasteiger partial charge in [-0.15, -0.1) is 0 Å². The maximum Gasteiger partial charge on any atom is 0.439 e. The van der Waals surface area contributed by atoms with Crippen molar-refractivity contribution in [3.05, 3.63) is 34.3 Å². The molecule has 0 saturated heterocycles. The highest BCUT2D eigenvalue weighted by Crippen LogP contribution is 2.42. The van der Waals surface area contributed by atoms with E-state index in [-0.39, 0.29) is 10.7 Å². The van der Waals surface area contributed by atoms with Gasteiger partial charge in [-0.05, 0) is 38.5 Å². The van der Waals surface area contributed by atoms with Crippen LogP contribution in [0.15, 0.2) is 33.8 Å². The van der Waals surface area contributed by atoms with Crippen molar-refractivity contribution in [2.24, 2.45) is 5.10 Å². The van der Waals surface area contributed by atoms with Gasteiger partial charge in [0.25, 0.3) is 5.72 Å². The van der Waals surface area contributed by atoms with Crippen molar-refractivity contribution in [2.45, 2.75) is 44.7 Å². The highest BCUT2D eigenvalue weighted by molar-refractivity contribution is 9.10. The molecule has 1 atom stereocenters. The number of carbonyl (C=O) groups excluding carboxylic acids is 1. The second-order valence-electron chi connectivity index (χ2n) is 6.34. The van der Waals surface area contributed by atoms with Gasteiger partial charge in [0.15, 0.2) is 0 Å². The number of hydrogen-bond donors (Lipinski definition) is 1. The summed E-state index contributed by atoms with van der Waals surface area (Å²) in [6.07, 6.45) is -7.34. The van der Waals surface area contributed by atoms with Crippen LogP contribution in [-0.2, 0) is 4.74 Å². The number of amides is 1. The van der Waals surface area contributed by atoms with Gasteiger partial charge in [0.1, 0.15) is 5.60 Å². The Hall–Kier alpha value is -1.61. The van der Waals surface area contributed by atoms with Crippen molar-refractivity contribution in [1.29, 1.82) is 0 Å². The summed E-state index contributed by atoms with van der Waals surface area (Å²) in [7, 11) is 0. The van der Waals surface area contributed by atoms with Crippen molar-refractivity contribution in [3.8, 4) is 0 Å². The molecular weight excluding hydrogens is 393 g/mol. The summed E-state index contributed by atoms with van der Waals surface area (Å²) in [5.74, 6) is 0. The second kappa shape index (κ2) is 6.03. The summed E-state index contributed by atoms with van der Waals surface area (Å²) in [4.78, 5) is 12.1. The highest BCUT2D eigenvalue weighted by atomic mass is 79.9. The van der Waals surface area contributed by atoms with Gasteiger partial charge in [-0.3, -0.25) is 0 Å². The summed E-state index contributed by atoms with van der Waals surface area (Å²) < 4.78 is 45.7. The number of carbonyl (C=O) groups is 1. The zero-order chi connectivity index (χ0) is 18.3. The maximum atomic E-state index is 13.4. The van der Waals surface area contributed by atoms with Crippen molar-refractivity contribution in [3.63, 3.8) is 0 Å². The van der Waals surface area contributed by atoms with Gasteiger partial charge in [0, 0.05) is 4.47 Å². The van der Waals surface area contributed by atoms with Crippen LogP contribution < -0.4 is 0 Å². The number of ether oxygens (including phenoxy) is 1. The number of benzene rings is 1. The molecule has 0 spiro atoms. The Morgan fingerprint density at radius 2 is 1.83 bits per heavy atom. The molecule has 0 aliphatic carbocycles. The number of hydrogen-bond acceptors (Lipinski definition) is 4. The molecule has 9 heteroatoms. The summed E-state index contributed by atoms with van der Waals surface area (Å²) in [5, 5.41) is 13.8. The number of rotatable bonds is 1. The molecule has 0 fully saturated rings. The Morgan fingerprint density at radius 3 is 2.29 bits per heavy atom. The molecule has 0 bridgehead atoms. The van der Waals surface area contributed by atoms with Gasteiger partial charge in [-0.1, -0.05) is 28.1 Å². The molecule has 0 aromatic heterocycles. The fourth-order valence-corrected chi connectivity index (χ4v) is 2.33. The molecule has 1 N–H and O–H groups in total. The van der Waals surface area contributed by atoms with Gasteiger partial charge >= 0.3 is 12.3 Å². The smallest absolute Gasteiger partial charge is 0.439 e. The van der Waals surface area contributed by atoms with Crippen LogP contribution in [0.1, 0.15) is 32.8 Å². The van der Waals surface area contributed by atoms with Crippen LogP contribution in [0.4, 0.5) is 18.0 Å².